The van der Waals surface area contributed by atoms with E-state index in [9.17, 15) is 9.59 Å². The molecule has 138 valence electrons. The Morgan fingerprint density at radius 3 is 2.36 bits per heavy atom. The van der Waals surface area contributed by atoms with Gasteiger partial charge in [0.15, 0.2) is 5.76 Å². The van der Waals surface area contributed by atoms with Gasteiger partial charge in [-0.25, -0.2) is 4.68 Å². The van der Waals surface area contributed by atoms with Gasteiger partial charge in [0.1, 0.15) is 0 Å². The first-order chi connectivity index (χ1) is 13.7. The van der Waals surface area contributed by atoms with Crippen LogP contribution in [0.1, 0.15) is 20.9 Å². The lowest BCUT2D eigenvalue weighted by molar-refractivity contribution is 0.0995. The van der Waals surface area contributed by atoms with Gasteiger partial charge in [0.25, 0.3) is 11.8 Å². The molecule has 7 heteroatoms. The maximum Gasteiger partial charge on any atom is 0.291 e. The summed E-state index contributed by atoms with van der Waals surface area (Å²) in [5.74, 6) is -0.430. The van der Waals surface area contributed by atoms with Crippen LogP contribution in [0.2, 0.25) is 0 Å². The summed E-state index contributed by atoms with van der Waals surface area (Å²) >= 11 is 0. The smallest absolute Gasteiger partial charge is 0.291 e. The van der Waals surface area contributed by atoms with Crippen molar-refractivity contribution in [1.29, 1.82) is 0 Å². The maximum absolute atomic E-state index is 12.8. The second kappa shape index (κ2) is 7.63. The molecule has 0 atom stereocenters. The van der Waals surface area contributed by atoms with Crippen molar-refractivity contribution >= 4 is 23.2 Å². The van der Waals surface area contributed by atoms with Gasteiger partial charge in [0.2, 0.25) is 0 Å². The van der Waals surface area contributed by atoms with Crippen LogP contribution in [0.5, 0.6) is 0 Å². The highest BCUT2D eigenvalue weighted by atomic mass is 16.3. The van der Waals surface area contributed by atoms with Gasteiger partial charge in [-0.05, 0) is 48.5 Å². The van der Waals surface area contributed by atoms with Crippen LogP contribution in [0.15, 0.2) is 89.8 Å². The van der Waals surface area contributed by atoms with Gasteiger partial charge in [0, 0.05) is 23.8 Å². The molecule has 0 spiro atoms. The molecule has 0 aliphatic carbocycles. The molecule has 0 fully saturated rings. The number of furan rings is 1. The van der Waals surface area contributed by atoms with Crippen molar-refractivity contribution in [2.75, 3.05) is 10.6 Å². The second-order valence-corrected chi connectivity index (χ2v) is 5.93. The number of aromatic nitrogens is 2. The fourth-order valence-corrected chi connectivity index (χ4v) is 2.75. The average molecular weight is 372 g/mol. The standard InChI is InChI=1S/C21H16N4O3/c26-20(17-8-1-2-9-18(17)25-12-5-11-22-25)23-15-6-3-7-16(14-15)24-21(27)19-10-4-13-28-19/h1-14H,(H,23,26)(H,24,27). The summed E-state index contributed by atoms with van der Waals surface area (Å²) in [6.07, 6.45) is 4.86. The quantitative estimate of drug-likeness (QED) is 0.555. The minimum absolute atomic E-state index is 0.211. The van der Waals surface area contributed by atoms with Crippen LogP contribution in [-0.4, -0.2) is 21.6 Å². The molecule has 2 aromatic carbocycles. The Kier molecular flexibility index (Phi) is 4.71. The Hall–Kier alpha value is -4.13. The molecule has 0 unspecified atom stereocenters. The second-order valence-electron chi connectivity index (χ2n) is 5.93. The van der Waals surface area contributed by atoms with Crippen LogP contribution in [0.3, 0.4) is 0 Å². The maximum atomic E-state index is 12.8. The van der Waals surface area contributed by atoms with E-state index in [0.717, 1.165) is 0 Å². The predicted molar refractivity (Wildman–Crippen MR) is 105 cm³/mol. The zero-order valence-electron chi connectivity index (χ0n) is 14.7. The first-order valence-electron chi connectivity index (χ1n) is 8.56. The lowest BCUT2D eigenvalue weighted by Crippen LogP contribution is -2.16. The number of para-hydroxylation sites is 1. The van der Waals surface area contributed by atoms with Gasteiger partial charge in [0.05, 0.1) is 17.5 Å². The van der Waals surface area contributed by atoms with E-state index in [0.29, 0.717) is 22.6 Å². The number of nitrogens with one attached hydrogen (secondary N) is 2. The molecule has 0 bridgehead atoms. The topological polar surface area (TPSA) is 89.2 Å². The molecule has 4 aromatic rings. The summed E-state index contributed by atoms with van der Waals surface area (Å²) in [4.78, 5) is 24.9. The number of rotatable bonds is 5. The molecule has 2 amide bonds. The van der Waals surface area contributed by atoms with Crippen molar-refractivity contribution in [3.8, 4) is 5.69 Å². The molecule has 2 aromatic heterocycles. The van der Waals surface area contributed by atoms with Gasteiger partial charge < -0.3 is 15.1 Å². The van der Waals surface area contributed by atoms with Gasteiger partial charge in [-0.15, -0.1) is 0 Å². The molecule has 28 heavy (non-hydrogen) atoms. The highest BCUT2D eigenvalue weighted by Gasteiger charge is 2.14. The van der Waals surface area contributed by atoms with Crippen molar-refractivity contribution < 1.29 is 14.0 Å². The number of hydrogen-bond donors (Lipinski definition) is 2. The van der Waals surface area contributed by atoms with Gasteiger partial charge in [-0.3, -0.25) is 9.59 Å². The molecule has 4 rings (SSSR count). The summed E-state index contributed by atoms with van der Waals surface area (Å²) in [5.41, 5.74) is 2.25. The SMILES string of the molecule is O=C(Nc1cccc(NC(=O)c2ccccc2-n2cccn2)c1)c1ccco1. The summed E-state index contributed by atoms with van der Waals surface area (Å²) in [6.45, 7) is 0. The number of hydrogen-bond acceptors (Lipinski definition) is 4. The Balaban J connectivity index is 1.52. The van der Waals surface area contributed by atoms with Gasteiger partial charge >= 0.3 is 0 Å². The highest BCUT2D eigenvalue weighted by molar-refractivity contribution is 6.07. The summed E-state index contributed by atoms with van der Waals surface area (Å²) in [5, 5.41) is 9.78. The summed E-state index contributed by atoms with van der Waals surface area (Å²) < 4.78 is 6.71. The molecule has 0 saturated carbocycles. The van der Waals surface area contributed by atoms with E-state index in [2.05, 4.69) is 15.7 Å². The van der Waals surface area contributed by atoms with E-state index in [1.54, 1.807) is 71.7 Å². The minimum Gasteiger partial charge on any atom is -0.459 e. The summed E-state index contributed by atoms with van der Waals surface area (Å²) in [6, 6.07) is 19.1. The number of amides is 2. The number of nitrogens with zero attached hydrogens (tertiary/aromatic N) is 2. The Morgan fingerprint density at radius 2 is 1.64 bits per heavy atom. The zero-order valence-corrected chi connectivity index (χ0v) is 14.7. The molecule has 2 N–H and O–H groups in total. The number of benzene rings is 2. The lowest BCUT2D eigenvalue weighted by atomic mass is 10.1. The average Bonchev–Trinajstić information content (AvgIpc) is 3.42. The molecular weight excluding hydrogens is 356 g/mol. The fourth-order valence-electron chi connectivity index (χ4n) is 2.75. The highest BCUT2D eigenvalue weighted by Crippen LogP contribution is 2.19. The van der Waals surface area contributed by atoms with Crippen LogP contribution in [0.4, 0.5) is 11.4 Å². The normalized spacial score (nSPS) is 10.4. The monoisotopic (exact) mass is 372 g/mol. The Morgan fingerprint density at radius 1 is 0.857 bits per heavy atom. The minimum atomic E-state index is -0.363. The van der Waals surface area contributed by atoms with E-state index >= 15 is 0 Å². The molecule has 7 nitrogen and oxygen atoms in total. The van der Waals surface area contributed by atoms with E-state index in [-0.39, 0.29) is 17.6 Å². The largest absolute Gasteiger partial charge is 0.459 e. The predicted octanol–water partition coefficient (Wildman–Crippen LogP) is 3.97. The van der Waals surface area contributed by atoms with Crippen molar-refractivity contribution in [3.63, 3.8) is 0 Å². The Labute approximate surface area is 160 Å². The third kappa shape index (κ3) is 3.68. The molecule has 0 saturated heterocycles. The van der Waals surface area contributed by atoms with E-state index < -0.39 is 0 Å². The first kappa shape index (κ1) is 17.3. The van der Waals surface area contributed by atoms with Crippen LogP contribution in [0.25, 0.3) is 5.69 Å². The molecule has 0 radical (unpaired) electrons. The van der Waals surface area contributed by atoms with Crippen molar-refractivity contribution in [3.05, 3.63) is 96.7 Å². The fraction of sp³-hybridized carbons (Fsp3) is 0. The first-order valence-corrected chi connectivity index (χ1v) is 8.56. The van der Waals surface area contributed by atoms with E-state index in [4.69, 9.17) is 4.42 Å². The van der Waals surface area contributed by atoms with Crippen molar-refractivity contribution in [2.45, 2.75) is 0 Å². The number of carbonyl (C=O) groups is 2. The molecule has 0 aliphatic rings. The van der Waals surface area contributed by atoms with Gasteiger partial charge in [-0.2, -0.15) is 5.10 Å². The van der Waals surface area contributed by atoms with Crippen LogP contribution >= 0.6 is 0 Å². The third-order valence-electron chi connectivity index (χ3n) is 4.02. The third-order valence-corrected chi connectivity index (χ3v) is 4.02. The number of carbonyl (C=O) groups excluding carboxylic acids is 2. The van der Waals surface area contributed by atoms with E-state index in [1.807, 2.05) is 12.1 Å². The van der Waals surface area contributed by atoms with Crippen molar-refractivity contribution in [2.24, 2.45) is 0 Å². The lowest BCUT2D eigenvalue weighted by Gasteiger charge is -2.11. The zero-order chi connectivity index (χ0) is 19.3. The van der Waals surface area contributed by atoms with Gasteiger partial charge in [-0.1, -0.05) is 18.2 Å². The molecular formula is C21H16N4O3. The molecule has 0 aliphatic heterocycles. The Bertz CT molecular complexity index is 1100. The number of anilines is 2. The van der Waals surface area contributed by atoms with Crippen LogP contribution < -0.4 is 10.6 Å². The summed E-state index contributed by atoms with van der Waals surface area (Å²) in [7, 11) is 0. The molecule has 2 heterocycles. The van der Waals surface area contributed by atoms with Crippen molar-refractivity contribution in [1.82, 2.24) is 9.78 Å². The van der Waals surface area contributed by atoms with E-state index in [1.165, 1.54) is 6.26 Å². The van der Waals surface area contributed by atoms with Crippen LogP contribution in [-0.2, 0) is 0 Å². The van der Waals surface area contributed by atoms with Crippen LogP contribution in [0, 0.1) is 0 Å².